The lowest BCUT2D eigenvalue weighted by Crippen LogP contribution is -2.45. The zero-order valence-corrected chi connectivity index (χ0v) is 9.42. The van der Waals surface area contributed by atoms with Gasteiger partial charge in [0.15, 0.2) is 0 Å². The average Bonchev–Trinajstić information content (AvgIpc) is 2.11. The maximum absolute atomic E-state index is 6.01. The summed E-state index contributed by atoms with van der Waals surface area (Å²) in [5, 5.41) is 0. The molecule has 0 aliphatic heterocycles. The van der Waals surface area contributed by atoms with Crippen molar-refractivity contribution in [2.75, 3.05) is 19.8 Å². The topological polar surface area (TPSA) is 44.5 Å². The van der Waals surface area contributed by atoms with E-state index in [0.29, 0.717) is 6.61 Å². The fourth-order valence-corrected chi connectivity index (χ4v) is 2.01. The van der Waals surface area contributed by atoms with Gasteiger partial charge in [-0.25, -0.2) is 0 Å². The van der Waals surface area contributed by atoms with Crippen LogP contribution < -0.4 is 5.73 Å². The van der Waals surface area contributed by atoms with Gasteiger partial charge in [0.25, 0.3) is 0 Å². The number of hydrogen-bond acceptors (Lipinski definition) is 3. The second-order valence-electron chi connectivity index (χ2n) is 4.16. The molecule has 2 N–H and O–H groups in total. The number of hydrogen-bond donors (Lipinski definition) is 1. The molecule has 1 fully saturated rings. The number of ether oxygens (including phenoxy) is 2. The van der Waals surface area contributed by atoms with Gasteiger partial charge in [-0.1, -0.05) is 0 Å². The molecule has 0 spiro atoms. The highest BCUT2D eigenvalue weighted by atomic mass is 16.5. The summed E-state index contributed by atoms with van der Waals surface area (Å²) in [5.41, 5.74) is 5.68. The molecule has 1 aliphatic carbocycles. The normalized spacial score (nSPS) is 21.6. The summed E-state index contributed by atoms with van der Waals surface area (Å²) < 4.78 is 11.3. The Morgan fingerprint density at radius 1 is 1.43 bits per heavy atom. The molecule has 0 bridgehead atoms. The van der Waals surface area contributed by atoms with Gasteiger partial charge in [0.1, 0.15) is 0 Å². The Hall–Kier alpha value is -0.120. The lowest BCUT2D eigenvalue weighted by molar-refractivity contribution is -0.152. The Morgan fingerprint density at radius 3 is 2.57 bits per heavy atom. The third-order valence-corrected chi connectivity index (χ3v) is 2.87. The molecule has 3 nitrogen and oxygen atoms in total. The quantitative estimate of drug-likeness (QED) is 0.682. The van der Waals surface area contributed by atoms with E-state index >= 15 is 0 Å². The van der Waals surface area contributed by atoms with E-state index in [9.17, 15) is 0 Å². The largest absolute Gasteiger partial charge is 0.379 e. The van der Waals surface area contributed by atoms with E-state index in [2.05, 4.69) is 6.92 Å². The van der Waals surface area contributed by atoms with Crippen molar-refractivity contribution < 1.29 is 9.47 Å². The van der Waals surface area contributed by atoms with Crippen molar-refractivity contribution >= 4 is 0 Å². The second kappa shape index (κ2) is 5.69. The molecule has 1 aliphatic rings. The van der Waals surface area contributed by atoms with E-state index < -0.39 is 0 Å². The van der Waals surface area contributed by atoms with Gasteiger partial charge in [-0.2, -0.15) is 0 Å². The Kier molecular flexibility index (Phi) is 4.85. The molecular formula is C11H23NO2. The molecule has 0 aromatic rings. The van der Waals surface area contributed by atoms with Crippen LogP contribution in [0.3, 0.4) is 0 Å². The fourth-order valence-electron chi connectivity index (χ4n) is 2.01. The Labute approximate surface area is 86.9 Å². The highest BCUT2D eigenvalue weighted by molar-refractivity contribution is 4.90. The van der Waals surface area contributed by atoms with Crippen LogP contribution in [0, 0.1) is 0 Å². The first-order chi connectivity index (χ1) is 6.72. The average molecular weight is 201 g/mol. The lowest BCUT2D eigenvalue weighted by atomic mass is 9.77. The molecule has 0 amide bonds. The molecule has 14 heavy (non-hydrogen) atoms. The standard InChI is InChI=1S/C11H23NO2/c1-3-13-9-10(2)14-11(7-8-12)5-4-6-11/h10H,3-9,12H2,1-2H3. The molecule has 1 unspecified atom stereocenters. The second-order valence-corrected chi connectivity index (χ2v) is 4.16. The maximum Gasteiger partial charge on any atom is 0.0787 e. The van der Waals surface area contributed by atoms with Crippen molar-refractivity contribution in [2.24, 2.45) is 5.73 Å². The molecule has 84 valence electrons. The number of nitrogens with two attached hydrogens (primary N) is 1. The van der Waals surface area contributed by atoms with Gasteiger partial charge in [-0.05, 0) is 46.1 Å². The first kappa shape index (κ1) is 12.0. The van der Waals surface area contributed by atoms with Crippen LogP contribution in [0.15, 0.2) is 0 Å². The van der Waals surface area contributed by atoms with Crippen molar-refractivity contribution in [3.05, 3.63) is 0 Å². The molecule has 0 aromatic carbocycles. The molecule has 0 saturated heterocycles. The predicted octanol–water partition coefficient (Wildman–Crippen LogP) is 1.70. The molecule has 1 saturated carbocycles. The lowest BCUT2D eigenvalue weighted by Gasteiger charge is -2.43. The van der Waals surface area contributed by atoms with Crippen LogP contribution >= 0.6 is 0 Å². The van der Waals surface area contributed by atoms with E-state index in [0.717, 1.165) is 19.6 Å². The smallest absolute Gasteiger partial charge is 0.0787 e. The molecular weight excluding hydrogens is 178 g/mol. The van der Waals surface area contributed by atoms with Crippen molar-refractivity contribution in [1.82, 2.24) is 0 Å². The van der Waals surface area contributed by atoms with Gasteiger partial charge < -0.3 is 15.2 Å². The van der Waals surface area contributed by atoms with E-state index in [1.165, 1.54) is 19.3 Å². The van der Waals surface area contributed by atoms with E-state index in [1.807, 2.05) is 6.92 Å². The molecule has 0 aromatic heterocycles. The van der Waals surface area contributed by atoms with Gasteiger partial charge in [-0.3, -0.25) is 0 Å². The van der Waals surface area contributed by atoms with E-state index in [-0.39, 0.29) is 11.7 Å². The Balaban J connectivity index is 2.25. The Bertz CT molecular complexity index is 157. The van der Waals surface area contributed by atoms with Gasteiger partial charge in [0.05, 0.1) is 18.3 Å². The minimum absolute atomic E-state index is 0.0886. The van der Waals surface area contributed by atoms with Gasteiger partial charge >= 0.3 is 0 Å². The van der Waals surface area contributed by atoms with Gasteiger partial charge in [0.2, 0.25) is 0 Å². The van der Waals surface area contributed by atoms with Crippen molar-refractivity contribution in [2.45, 2.75) is 51.2 Å². The maximum atomic E-state index is 6.01. The summed E-state index contributed by atoms with van der Waals surface area (Å²) in [7, 11) is 0. The van der Waals surface area contributed by atoms with Crippen LogP contribution in [0.1, 0.15) is 39.5 Å². The minimum atomic E-state index is 0.0886. The van der Waals surface area contributed by atoms with Crippen molar-refractivity contribution in [3.8, 4) is 0 Å². The first-order valence-corrected chi connectivity index (χ1v) is 5.68. The van der Waals surface area contributed by atoms with Crippen LogP contribution in [0.2, 0.25) is 0 Å². The zero-order valence-electron chi connectivity index (χ0n) is 9.42. The molecule has 0 radical (unpaired) electrons. The van der Waals surface area contributed by atoms with Crippen LogP contribution in [0.4, 0.5) is 0 Å². The van der Waals surface area contributed by atoms with Crippen LogP contribution in [-0.4, -0.2) is 31.5 Å². The summed E-state index contributed by atoms with van der Waals surface area (Å²) in [6.45, 7) is 6.26. The van der Waals surface area contributed by atoms with Gasteiger partial charge in [-0.15, -0.1) is 0 Å². The van der Waals surface area contributed by atoms with Crippen LogP contribution in [-0.2, 0) is 9.47 Å². The number of rotatable bonds is 7. The van der Waals surface area contributed by atoms with E-state index in [4.69, 9.17) is 15.2 Å². The zero-order chi connectivity index (χ0) is 10.4. The highest BCUT2D eigenvalue weighted by Gasteiger charge is 2.38. The van der Waals surface area contributed by atoms with Crippen LogP contribution in [0.25, 0.3) is 0 Å². The van der Waals surface area contributed by atoms with Crippen molar-refractivity contribution in [1.29, 1.82) is 0 Å². The Morgan fingerprint density at radius 2 is 2.14 bits per heavy atom. The van der Waals surface area contributed by atoms with Gasteiger partial charge in [0, 0.05) is 6.61 Å². The molecule has 1 atom stereocenters. The molecule has 0 heterocycles. The minimum Gasteiger partial charge on any atom is -0.379 e. The fraction of sp³-hybridized carbons (Fsp3) is 1.00. The highest BCUT2D eigenvalue weighted by Crippen LogP contribution is 2.39. The molecule has 3 heteroatoms. The summed E-state index contributed by atoms with van der Waals surface area (Å²) in [6, 6.07) is 0. The SMILES string of the molecule is CCOCC(C)OC1(CCN)CCC1. The summed E-state index contributed by atoms with van der Waals surface area (Å²) in [4.78, 5) is 0. The molecule has 1 rings (SSSR count). The first-order valence-electron chi connectivity index (χ1n) is 5.68. The van der Waals surface area contributed by atoms with Crippen molar-refractivity contribution in [3.63, 3.8) is 0 Å². The summed E-state index contributed by atoms with van der Waals surface area (Å²) >= 11 is 0. The predicted molar refractivity (Wildman–Crippen MR) is 57.3 cm³/mol. The third kappa shape index (κ3) is 3.23. The third-order valence-electron chi connectivity index (χ3n) is 2.87. The van der Waals surface area contributed by atoms with E-state index in [1.54, 1.807) is 0 Å². The summed E-state index contributed by atoms with van der Waals surface area (Å²) in [6.07, 6.45) is 4.80. The summed E-state index contributed by atoms with van der Waals surface area (Å²) in [5.74, 6) is 0. The monoisotopic (exact) mass is 201 g/mol. The van der Waals surface area contributed by atoms with Crippen LogP contribution in [0.5, 0.6) is 0 Å².